The average Bonchev–Trinajstić information content (AvgIpc) is 1.55. The molecule has 0 amide bonds. The van der Waals surface area contributed by atoms with Crippen LogP contribution in [0.5, 0.6) is 0 Å². The molecule has 6 nitrogen and oxygen atoms in total. The Kier molecular flexibility index (Phi) is 21.9. The van der Waals surface area contributed by atoms with Crippen LogP contribution in [0, 0.1) is 0 Å². The van der Waals surface area contributed by atoms with Crippen molar-refractivity contribution in [3.8, 4) is 123 Å². The molecule has 4 heterocycles. The number of hydrogen-bond acceptors (Lipinski definition) is 2. The zero-order chi connectivity index (χ0) is 95.3. The van der Waals surface area contributed by atoms with Crippen molar-refractivity contribution in [1.82, 2.24) is 18.3 Å². The van der Waals surface area contributed by atoms with Gasteiger partial charge in [0.1, 0.15) is 0 Å². The van der Waals surface area contributed by atoms with Crippen LogP contribution < -0.4 is 9.80 Å². The summed E-state index contributed by atoms with van der Waals surface area (Å²) in [6.45, 7) is 0. The summed E-state index contributed by atoms with van der Waals surface area (Å²) >= 11 is 0. The van der Waals surface area contributed by atoms with Crippen molar-refractivity contribution in [2.75, 3.05) is 9.80 Å². The Bertz CT molecular complexity index is 8700. The standard InChI is InChI=1S/C72H51N3.C66H43N3/c1-6-16-52(17-7-1)55-38-46-68(47-39-55)75-71-48-40-60(58-30-26-53(27-31-58)56-34-42-66(43-35-56)73(62-18-8-2-9-19-62)63-20-10-3-11-21-63)50-69(71)70-51-61(41-49-72(70)75)59-32-28-54(29-33-59)57-36-44-67(45-37-57)74(64-22-12-4-13-23-64)65-24-14-5-15-25-65;1-2-12-52(13-3-1)67-65-40-34-50(48-26-22-44(23-27-48)46-30-36-53(37-31-46)68-61-18-8-4-14-55(61)56-15-5-9-19-62(56)68)42-59(65)60-43-51(35-41-66(60)67)49-28-24-45(25-29-49)47-32-38-54(39-33-47)69-63-20-10-6-16-57(63)58-17-7-11-21-64(58)69/h1-51H;1-43H. The van der Waals surface area contributed by atoms with Crippen LogP contribution >= 0.6 is 0 Å². The average molecular weight is 1840 g/mol. The molecule has 0 saturated carbocycles. The second kappa shape index (κ2) is 37.0. The lowest BCUT2D eigenvalue weighted by atomic mass is 9.97. The SMILES string of the molecule is c1ccc(-c2ccc(-n3c4ccc(-c5ccc(-c6ccc(N(c7ccccc7)c7ccccc7)cc6)cc5)cc4c4cc(-c5ccc(-c6ccc(N(c7ccccc7)c7ccccc7)cc6)cc5)ccc43)cc2)cc1.c1ccc(-n2c3ccc(-c4ccc(-c5ccc(-n6c7ccccc7c7ccccc76)cc5)cc4)cc3c3cc(-c4ccc(-c5ccc(-n6c7ccccc7c7ccccc76)cc5)cc4)ccc32)cc1. The van der Waals surface area contributed by atoms with Gasteiger partial charge in [-0.15, -0.1) is 0 Å². The quantitative estimate of drug-likeness (QED) is 0.0806. The predicted molar refractivity (Wildman–Crippen MR) is 609 cm³/mol. The molecule has 6 heteroatoms. The van der Waals surface area contributed by atoms with Crippen molar-refractivity contribution >= 4 is 121 Å². The molecule has 144 heavy (non-hydrogen) atoms. The van der Waals surface area contributed by atoms with Crippen LogP contribution in [0.2, 0.25) is 0 Å². The molecule has 0 atom stereocenters. The number of aromatic nitrogens is 4. The highest BCUT2D eigenvalue weighted by Gasteiger charge is 2.23. The van der Waals surface area contributed by atoms with Gasteiger partial charge >= 0.3 is 0 Å². The molecule has 0 aliphatic carbocycles. The van der Waals surface area contributed by atoms with E-state index in [0.29, 0.717) is 0 Å². The highest BCUT2D eigenvalue weighted by molar-refractivity contribution is 6.15. The van der Waals surface area contributed by atoms with Crippen LogP contribution in [0.1, 0.15) is 0 Å². The summed E-state index contributed by atoms with van der Waals surface area (Å²) in [5.74, 6) is 0. The Morgan fingerprint density at radius 2 is 0.243 bits per heavy atom. The van der Waals surface area contributed by atoms with Gasteiger partial charge in [0.15, 0.2) is 0 Å². The highest BCUT2D eigenvalue weighted by atomic mass is 15.1. The molecule has 4 aromatic heterocycles. The van der Waals surface area contributed by atoms with Crippen LogP contribution in [0.4, 0.5) is 34.1 Å². The zero-order valence-electron chi connectivity index (χ0n) is 79.0. The summed E-state index contributed by atoms with van der Waals surface area (Å²) < 4.78 is 9.56. The first-order chi connectivity index (χ1) is 71.4. The predicted octanol–water partition coefficient (Wildman–Crippen LogP) is 37.7. The van der Waals surface area contributed by atoms with E-state index in [1.54, 1.807) is 0 Å². The third kappa shape index (κ3) is 15.9. The Hall–Kier alpha value is -19.1. The van der Waals surface area contributed by atoms with E-state index in [1.807, 2.05) is 0 Å². The van der Waals surface area contributed by atoms with E-state index in [1.165, 1.54) is 187 Å². The first-order valence-electron chi connectivity index (χ1n) is 49.4. The zero-order valence-corrected chi connectivity index (χ0v) is 79.0. The molecule has 23 aromatic carbocycles. The number of para-hydroxylation sites is 9. The molecule has 27 aromatic rings. The largest absolute Gasteiger partial charge is 0.311 e. The number of benzene rings is 23. The maximum absolute atomic E-state index is 2.42. The Labute approximate surface area is 836 Å². The van der Waals surface area contributed by atoms with Crippen molar-refractivity contribution < 1.29 is 0 Å². The van der Waals surface area contributed by atoms with Crippen molar-refractivity contribution in [3.63, 3.8) is 0 Å². The fraction of sp³-hybridized carbons (Fsp3) is 0. The lowest BCUT2D eigenvalue weighted by molar-refractivity contribution is 1.18. The van der Waals surface area contributed by atoms with E-state index >= 15 is 0 Å². The number of hydrogen-bond donors (Lipinski definition) is 0. The monoisotopic (exact) mass is 1830 g/mol. The van der Waals surface area contributed by atoms with Gasteiger partial charge in [-0.3, -0.25) is 0 Å². The summed E-state index contributed by atoms with van der Waals surface area (Å²) in [6, 6.07) is 207. The fourth-order valence-corrected chi connectivity index (χ4v) is 21.6. The lowest BCUT2D eigenvalue weighted by Gasteiger charge is -2.25. The minimum absolute atomic E-state index is 1.12. The van der Waals surface area contributed by atoms with E-state index in [4.69, 9.17) is 0 Å². The number of fused-ring (bicyclic) bond motifs is 12. The third-order valence-corrected chi connectivity index (χ3v) is 28.7. The van der Waals surface area contributed by atoms with Crippen molar-refractivity contribution in [3.05, 3.63) is 570 Å². The van der Waals surface area contributed by atoms with Gasteiger partial charge < -0.3 is 28.1 Å². The first kappa shape index (κ1) is 85.3. The highest BCUT2D eigenvalue weighted by Crippen LogP contribution is 2.46. The lowest BCUT2D eigenvalue weighted by Crippen LogP contribution is -2.09. The number of anilines is 6. The molecule has 676 valence electrons. The van der Waals surface area contributed by atoms with E-state index in [-0.39, 0.29) is 0 Å². The van der Waals surface area contributed by atoms with Gasteiger partial charge in [0.05, 0.1) is 44.1 Å². The molecular weight excluding hydrogens is 1740 g/mol. The van der Waals surface area contributed by atoms with Gasteiger partial charge in [0.2, 0.25) is 0 Å². The summed E-state index contributed by atoms with van der Waals surface area (Å²) in [5.41, 5.74) is 42.4. The van der Waals surface area contributed by atoms with Crippen LogP contribution in [0.25, 0.3) is 210 Å². The van der Waals surface area contributed by atoms with Crippen LogP contribution in [0.3, 0.4) is 0 Å². The maximum atomic E-state index is 2.42. The van der Waals surface area contributed by atoms with Crippen LogP contribution in [0.15, 0.2) is 570 Å². The Morgan fingerprint density at radius 3 is 0.472 bits per heavy atom. The number of rotatable bonds is 19. The van der Waals surface area contributed by atoms with Crippen LogP contribution in [-0.2, 0) is 0 Å². The van der Waals surface area contributed by atoms with E-state index in [9.17, 15) is 0 Å². The molecule has 0 bridgehead atoms. The minimum atomic E-state index is 1.12. The third-order valence-electron chi connectivity index (χ3n) is 28.7. The maximum Gasteiger partial charge on any atom is 0.0541 e. The molecule has 0 aliphatic heterocycles. The number of nitrogens with zero attached hydrogens (tertiary/aromatic N) is 6. The molecule has 0 fully saturated rings. The molecule has 0 unspecified atom stereocenters. The normalized spacial score (nSPS) is 11.5. The molecule has 27 rings (SSSR count). The van der Waals surface area contributed by atoms with E-state index in [0.717, 1.165) is 56.9 Å². The second-order valence-corrected chi connectivity index (χ2v) is 37.1. The van der Waals surface area contributed by atoms with E-state index in [2.05, 4.69) is 598 Å². The van der Waals surface area contributed by atoms with Crippen molar-refractivity contribution in [2.45, 2.75) is 0 Å². The molecule has 0 radical (unpaired) electrons. The minimum Gasteiger partial charge on any atom is -0.311 e. The summed E-state index contributed by atoms with van der Waals surface area (Å²) in [5, 5.41) is 10.0. The van der Waals surface area contributed by atoms with E-state index < -0.39 is 0 Å². The smallest absolute Gasteiger partial charge is 0.0541 e. The van der Waals surface area contributed by atoms with Gasteiger partial charge in [-0.05, 0) is 294 Å². The first-order valence-corrected chi connectivity index (χ1v) is 49.4. The molecule has 0 spiro atoms. The van der Waals surface area contributed by atoms with Gasteiger partial charge in [-0.1, -0.05) is 376 Å². The van der Waals surface area contributed by atoms with Gasteiger partial charge in [0, 0.05) is 100.0 Å². The van der Waals surface area contributed by atoms with Gasteiger partial charge in [-0.25, -0.2) is 0 Å². The van der Waals surface area contributed by atoms with Crippen molar-refractivity contribution in [2.24, 2.45) is 0 Å². The summed E-state index contributed by atoms with van der Waals surface area (Å²) in [6.07, 6.45) is 0. The topological polar surface area (TPSA) is 26.2 Å². The Balaban J connectivity index is 0.000000147. The fourth-order valence-electron chi connectivity index (χ4n) is 21.6. The molecular formula is C138H94N6. The van der Waals surface area contributed by atoms with Crippen LogP contribution in [-0.4, -0.2) is 18.3 Å². The van der Waals surface area contributed by atoms with Crippen molar-refractivity contribution in [1.29, 1.82) is 0 Å². The second-order valence-electron chi connectivity index (χ2n) is 37.1. The molecule has 0 aliphatic rings. The van der Waals surface area contributed by atoms with Gasteiger partial charge in [-0.2, -0.15) is 0 Å². The summed E-state index contributed by atoms with van der Waals surface area (Å²) in [4.78, 5) is 4.60. The molecule has 0 N–H and O–H groups in total. The van der Waals surface area contributed by atoms with Gasteiger partial charge in [0.25, 0.3) is 0 Å². The molecule has 0 saturated heterocycles. The Morgan fingerprint density at radius 1 is 0.0972 bits per heavy atom. The summed E-state index contributed by atoms with van der Waals surface area (Å²) in [7, 11) is 0.